The van der Waals surface area contributed by atoms with E-state index in [2.05, 4.69) is 19.2 Å². The zero-order chi connectivity index (χ0) is 17.2. The van der Waals surface area contributed by atoms with Gasteiger partial charge in [-0.15, -0.1) is 0 Å². The molecule has 1 rings (SSSR count). The number of halogens is 1. The molecule has 2 N–H and O–H groups in total. The number of carbonyl (C=O) groups excluding carboxylic acids is 1. The predicted octanol–water partition coefficient (Wildman–Crippen LogP) is 4.15. The fourth-order valence-corrected chi connectivity index (χ4v) is 2.37. The molecular weight excluding hydrogens is 297 g/mol. The summed E-state index contributed by atoms with van der Waals surface area (Å²) >= 11 is 0. The van der Waals surface area contributed by atoms with Crippen LogP contribution in [-0.2, 0) is 11.3 Å². The molecule has 5 heteroatoms. The fourth-order valence-electron chi connectivity index (χ4n) is 2.37. The summed E-state index contributed by atoms with van der Waals surface area (Å²) in [6, 6.07) is 2.72. The maximum absolute atomic E-state index is 13.5. The summed E-state index contributed by atoms with van der Waals surface area (Å²) in [6.45, 7) is 4.66. The SMILES string of the molecule is COc1cc(CNC(=O)CCCCCCC(C)C)cc(F)c1O. The number of benzene rings is 1. The van der Waals surface area contributed by atoms with Crippen molar-refractivity contribution in [2.24, 2.45) is 5.92 Å². The Morgan fingerprint density at radius 2 is 1.96 bits per heavy atom. The summed E-state index contributed by atoms with van der Waals surface area (Å²) in [6.07, 6.45) is 6.02. The highest BCUT2D eigenvalue weighted by molar-refractivity contribution is 5.75. The first-order chi connectivity index (χ1) is 10.9. The third kappa shape index (κ3) is 7.35. The fraction of sp³-hybridized carbons (Fsp3) is 0.611. The van der Waals surface area contributed by atoms with Gasteiger partial charge in [0, 0.05) is 13.0 Å². The molecule has 1 amide bonds. The Balaban J connectivity index is 2.27. The number of phenols is 1. The number of carbonyl (C=O) groups is 1. The van der Waals surface area contributed by atoms with Crippen molar-refractivity contribution >= 4 is 5.91 Å². The highest BCUT2D eigenvalue weighted by Crippen LogP contribution is 2.29. The van der Waals surface area contributed by atoms with E-state index in [1.807, 2.05) is 0 Å². The number of amides is 1. The van der Waals surface area contributed by atoms with Gasteiger partial charge in [-0.2, -0.15) is 0 Å². The average molecular weight is 325 g/mol. The minimum Gasteiger partial charge on any atom is -0.502 e. The van der Waals surface area contributed by atoms with E-state index in [-0.39, 0.29) is 18.2 Å². The Morgan fingerprint density at radius 3 is 2.61 bits per heavy atom. The van der Waals surface area contributed by atoms with Crippen molar-refractivity contribution in [3.63, 3.8) is 0 Å². The Kier molecular flexibility index (Phi) is 8.45. The largest absolute Gasteiger partial charge is 0.502 e. The second-order valence-corrected chi connectivity index (χ2v) is 6.25. The van der Waals surface area contributed by atoms with E-state index < -0.39 is 11.6 Å². The molecule has 0 aliphatic heterocycles. The molecule has 0 aromatic heterocycles. The third-order valence-electron chi connectivity index (χ3n) is 3.73. The summed E-state index contributed by atoms with van der Waals surface area (Å²) in [5.74, 6) is -0.496. The van der Waals surface area contributed by atoms with Gasteiger partial charge in [-0.25, -0.2) is 4.39 Å². The van der Waals surface area contributed by atoms with E-state index in [4.69, 9.17) is 4.74 Å². The van der Waals surface area contributed by atoms with Gasteiger partial charge in [-0.3, -0.25) is 4.79 Å². The molecular formula is C18H28FNO3. The van der Waals surface area contributed by atoms with Crippen LogP contribution in [0.4, 0.5) is 4.39 Å². The summed E-state index contributed by atoms with van der Waals surface area (Å²) in [5.41, 5.74) is 0.558. The quantitative estimate of drug-likeness (QED) is 0.635. The molecule has 0 aliphatic rings. The normalized spacial score (nSPS) is 10.8. The van der Waals surface area contributed by atoms with Gasteiger partial charge in [-0.05, 0) is 30.0 Å². The van der Waals surface area contributed by atoms with Crippen LogP contribution in [0.3, 0.4) is 0 Å². The Labute approximate surface area is 138 Å². The van der Waals surface area contributed by atoms with Crippen molar-refractivity contribution in [2.45, 2.75) is 58.9 Å². The smallest absolute Gasteiger partial charge is 0.220 e. The molecule has 0 atom stereocenters. The number of hydrogen-bond donors (Lipinski definition) is 2. The number of ether oxygens (including phenoxy) is 1. The molecule has 1 aromatic rings. The number of rotatable bonds is 10. The Morgan fingerprint density at radius 1 is 1.26 bits per heavy atom. The molecule has 0 radical (unpaired) electrons. The second-order valence-electron chi connectivity index (χ2n) is 6.25. The van der Waals surface area contributed by atoms with Crippen LogP contribution in [0.25, 0.3) is 0 Å². The van der Waals surface area contributed by atoms with E-state index in [1.165, 1.54) is 32.1 Å². The van der Waals surface area contributed by atoms with Crippen LogP contribution in [-0.4, -0.2) is 18.1 Å². The zero-order valence-electron chi connectivity index (χ0n) is 14.3. The van der Waals surface area contributed by atoms with E-state index in [9.17, 15) is 14.3 Å². The number of nitrogens with one attached hydrogen (secondary N) is 1. The van der Waals surface area contributed by atoms with E-state index in [1.54, 1.807) is 0 Å². The van der Waals surface area contributed by atoms with Gasteiger partial charge in [0.25, 0.3) is 0 Å². The number of unbranched alkanes of at least 4 members (excludes halogenated alkanes) is 3. The number of hydrogen-bond acceptors (Lipinski definition) is 3. The Bertz CT molecular complexity index is 503. The summed E-state index contributed by atoms with van der Waals surface area (Å²) < 4.78 is 18.4. The second kappa shape index (κ2) is 10.1. The molecule has 0 saturated carbocycles. The highest BCUT2D eigenvalue weighted by Gasteiger charge is 2.11. The first-order valence-electron chi connectivity index (χ1n) is 8.26. The van der Waals surface area contributed by atoms with Crippen molar-refractivity contribution in [2.75, 3.05) is 7.11 Å². The lowest BCUT2D eigenvalue weighted by Gasteiger charge is -2.09. The molecule has 0 heterocycles. The van der Waals surface area contributed by atoms with Crippen LogP contribution in [0.1, 0.15) is 57.9 Å². The zero-order valence-corrected chi connectivity index (χ0v) is 14.3. The van der Waals surface area contributed by atoms with Crippen LogP contribution in [0.2, 0.25) is 0 Å². The average Bonchev–Trinajstić information content (AvgIpc) is 2.51. The molecule has 1 aromatic carbocycles. The molecule has 130 valence electrons. The maximum Gasteiger partial charge on any atom is 0.220 e. The minimum atomic E-state index is -0.751. The first-order valence-corrected chi connectivity index (χ1v) is 8.26. The van der Waals surface area contributed by atoms with Crippen molar-refractivity contribution in [3.05, 3.63) is 23.5 Å². The third-order valence-corrected chi connectivity index (χ3v) is 3.73. The lowest BCUT2D eigenvalue weighted by atomic mass is 10.0. The van der Waals surface area contributed by atoms with Crippen molar-refractivity contribution in [1.29, 1.82) is 0 Å². The molecule has 0 fully saturated rings. The molecule has 0 spiro atoms. The monoisotopic (exact) mass is 325 g/mol. The minimum absolute atomic E-state index is 0.0405. The summed E-state index contributed by atoms with van der Waals surface area (Å²) in [4.78, 5) is 11.8. The van der Waals surface area contributed by atoms with Crippen LogP contribution in [0, 0.1) is 11.7 Å². The molecule has 0 saturated heterocycles. The Hall–Kier alpha value is -1.78. The molecule has 23 heavy (non-hydrogen) atoms. The summed E-state index contributed by atoms with van der Waals surface area (Å²) in [7, 11) is 1.36. The van der Waals surface area contributed by atoms with Gasteiger partial charge in [0.15, 0.2) is 17.3 Å². The lowest BCUT2D eigenvalue weighted by Crippen LogP contribution is -2.22. The van der Waals surface area contributed by atoms with Crippen LogP contribution in [0.5, 0.6) is 11.5 Å². The van der Waals surface area contributed by atoms with E-state index in [0.29, 0.717) is 12.0 Å². The van der Waals surface area contributed by atoms with Crippen LogP contribution < -0.4 is 10.1 Å². The van der Waals surface area contributed by atoms with Gasteiger partial charge in [0.1, 0.15) is 0 Å². The molecule has 0 bridgehead atoms. The van der Waals surface area contributed by atoms with Crippen molar-refractivity contribution in [3.8, 4) is 11.5 Å². The predicted molar refractivity (Wildman–Crippen MR) is 89.0 cm³/mol. The van der Waals surface area contributed by atoms with Gasteiger partial charge < -0.3 is 15.2 Å². The van der Waals surface area contributed by atoms with Crippen molar-refractivity contribution < 1.29 is 19.0 Å². The van der Waals surface area contributed by atoms with E-state index >= 15 is 0 Å². The topological polar surface area (TPSA) is 58.6 Å². The van der Waals surface area contributed by atoms with Gasteiger partial charge in [-0.1, -0.05) is 39.5 Å². The van der Waals surface area contributed by atoms with Crippen LogP contribution >= 0.6 is 0 Å². The van der Waals surface area contributed by atoms with Gasteiger partial charge in [0.05, 0.1) is 7.11 Å². The number of methoxy groups -OCH3 is 1. The molecule has 0 aliphatic carbocycles. The van der Waals surface area contributed by atoms with E-state index in [0.717, 1.165) is 25.2 Å². The molecule has 0 unspecified atom stereocenters. The standard InChI is InChI=1S/C18H28FNO3/c1-13(2)8-6-4-5-7-9-17(21)20-12-14-10-15(19)18(22)16(11-14)23-3/h10-11,13,22H,4-9,12H2,1-3H3,(H,20,21). The molecule has 4 nitrogen and oxygen atoms in total. The lowest BCUT2D eigenvalue weighted by molar-refractivity contribution is -0.121. The van der Waals surface area contributed by atoms with Gasteiger partial charge in [0.2, 0.25) is 5.91 Å². The number of phenolic OH excluding ortho intramolecular Hbond substituents is 1. The number of aromatic hydroxyl groups is 1. The highest BCUT2D eigenvalue weighted by atomic mass is 19.1. The maximum atomic E-state index is 13.5. The summed E-state index contributed by atoms with van der Waals surface area (Å²) in [5, 5.41) is 12.2. The van der Waals surface area contributed by atoms with Crippen LogP contribution in [0.15, 0.2) is 12.1 Å². The first kappa shape index (κ1) is 19.3. The van der Waals surface area contributed by atoms with Gasteiger partial charge >= 0.3 is 0 Å². The van der Waals surface area contributed by atoms with Crippen molar-refractivity contribution in [1.82, 2.24) is 5.32 Å².